The largest absolute Gasteiger partial charge is 0.494 e. The third-order valence-electron chi connectivity index (χ3n) is 3.81. The van der Waals surface area contributed by atoms with Crippen molar-refractivity contribution < 1.29 is 14.1 Å². The highest BCUT2D eigenvalue weighted by atomic mass is 16.5. The zero-order valence-electron chi connectivity index (χ0n) is 14.9. The number of aromatic nitrogens is 1. The summed E-state index contributed by atoms with van der Waals surface area (Å²) in [7, 11) is 0. The molecule has 0 saturated carbocycles. The summed E-state index contributed by atoms with van der Waals surface area (Å²) in [6, 6.07) is 5.32. The molecule has 1 aromatic carbocycles. The van der Waals surface area contributed by atoms with E-state index in [-0.39, 0.29) is 12.1 Å². The predicted octanol–water partition coefficient (Wildman–Crippen LogP) is 3.75. The lowest BCUT2D eigenvalue weighted by atomic mass is 10.1. The van der Waals surface area contributed by atoms with Crippen LogP contribution in [0.1, 0.15) is 36.4 Å². The van der Waals surface area contributed by atoms with E-state index in [0.717, 1.165) is 28.3 Å². The fourth-order valence-corrected chi connectivity index (χ4v) is 2.53. The Morgan fingerprint density at radius 1 is 1.33 bits per heavy atom. The molecule has 1 aromatic heterocycles. The molecule has 0 spiro atoms. The van der Waals surface area contributed by atoms with Crippen LogP contribution < -0.4 is 15.4 Å². The molecule has 0 radical (unpaired) electrons. The van der Waals surface area contributed by atoms with Gasteiger partial charge in [-0.25, -0.2) is 4.79 Å². The molecule has 0 aliphatic rings. The maximum Gasteiger partial charge on any atom is 0.319 e. The third-order valence-corrected chi connectivity index (χ3v) is 3.81. The monoisotopic (exact) mass is 331 g/mol. The average molecular weight is 331 g/mol. The van der Waals surface area contributed by atoms with Gasteiger partial charge < -0.3 is 19.9 Å². The topological polar surface area (TPSA) is 76.4 Å². The van der Waals surface area contributed by atoms with E-state index in [1.165, 1.54) is 0 Å². The summed E-state index contributed by atoms with van der Waals surface area (Å²) in [5.41, 5.74) is 3.64. The number of nitrogens with one attached hydrogen (secondary N) is 2. The lowest BCUT2D eigenvalue weighted by Crippen LogP contribution is -2.37. The van der Waals surface area contributed by atoms with Crippen LogP contribution in [0.25, 0.3) is 0 Å². The van der Waals surface area contributed by atoms with Crippen molar-refractivity contribution >= 4 is 11.7 Å². The molecule has 6 nitrogen and oxygen atoms in total. The van der Waals surface area contributed by atoms with Crippen molar-refractivity contribution in [3.8, 4) is 5.75 Å². The second-order valence-electron chi connectivity index (χ2n) is 5.92. The quantitative estimate of drug-likeness (QED) is 0.845. The van der Waals surface area contributed by atoms with Gasteiger partial charge in [0.2, 0.25) is 0 Å². The summed E-state index contributed by atoms with van der Waals surface area (Å²) in [5, 5.41) is 9.70. The number of nitrogens with zero attached hydrogens (tertiary/aromatic N) is 1. The molecule has 2 rings (SSSR count). The first-order valence-electron chi connectivity index (χ1n) is 8.13. The van der Waals surface area contributed by atoms with E-state index in [2.05, 4.69) is 15.8 Å². The summed E-state index contributed by atoms with van der Waals surface area (Å²) in [6.45, 7) is 10.2. The number of aryl methyl sites for hydroxylation is 3. The van der Waals surface area contributed by atoms with Gasteiger partial charge in [0, 0.05) is 23.4 Å². The number of urea groups is 1. The van der Waals surface area contributed by atoms with Crippen molar-refractivity contribution in [2.24, 2.45) is 0 Å². The minimum Gasteiger partial charge on any atom is -0.494 e. The maximum atomic E-state index is 12.2. The highest BCUT2D eigenvalue weighted by Gasteiger charge is 2.15. The van der Waals surface area contributed by atoms with Crippen LogP contribution in [0.2, 0.25) is 0 Å². The second-order valence-corrected chi connectivity index (χ2v) is 5.92. The van der Waals surface area contributed by atoms with E-state index in [0.29, 0.717) is 18.7 Å². The number of ether oxygens (including phenoxy) is 1. The highest BCUT2D eigenvalue weighted by Crippen LogP contribution is 2.22. The number of amides is 2. The highest BCUT2D eigenvalue weighted by molar-refractivity contribution is 5.89. The van der Waals surface area contributed by atoms with E-state index in [4.69, 9.17) is 9.26 Å². The Balaban J connectivity index is 1.94. The van der Waals surface area contributed by atoms with E-state index >= 15 is 0 Å². The summed E-state index contributed by atoms with van der Waals surface area (Å²) in [5.74, 6) is 1.57. The van der Waals surface area contributed by atoms with Crippen LogP contribution >= 0.6 is 0 Å². The summed E-state index contributed by atoms with van der Waals surface area (Å²) in [6.07, 6.45) is 0.673. The Labute approximate surface area is 142 Å². The lowest BCUT2D eigenvalue weighted by Gasteiger charge is -2.15. The number of rotatable bonds is 6. The molecule has 2 amide bonds. The summed E-state index contributed by atoms with van der Waals surface area (Å²) < 4.78 is 10.7. The molecule has 1 heterocycles. The van der Waals surface area contributed by atoms with Gasteiger partial charge in [0.05, 0.1) is 12.3 Å². The molecule has 6 heteroatoms. The van der Waals surface area contributed by atoms with Gasteiger partial charge in [-0.15, -0.1) is 0 Å². The maximum absolute atomic E-state index is 12.2. The van der Waals surface area contributed by atoms with Gasteiger partial charge in [-0.2, -0.15) is 0 Å². The van der Waals surface area contributed by atoms with Crippen molar-refractivity contribution in [3.05, 3.63) is 40.8 Å². The van der Waals surface area contributed by atoms with Crippen molar-refractivity contribution in [2.75, 3.05) is 11.9 Å². The van der Waals surface area contributed by atoms with Crippen molar-refractivity contribution in [3.63, 3.8) is 0 Å². The smallest absolute Gasteiger partial charge is 0.319 e. The molecular formula is C18H25N3O3. The van der Waals surface area contributed by atoms with Crippen LogP contribution in [0.3, 0.4) is 0 Å². The van der Waals surface area contributed by atoms with Gasteiger partial charge in [0.25, 0.3) is 0 Å². The summed E-state index contributed by atoms with van der Waals surface area (Å²) >= 11 is 0. The molecule has 2 aromatic rings. The van der Waals surface area contributed by atoms with E-state index < -0.39 is 0 Å². The number of anilines is 1. The number of carbonyl (C=O) groups excluding carboxylic acids is 1. The van der Waals surface area contributed by atoms with E-state index in [1.54, 1.807) is 0 Å². The zero-order valence-corrected chi connectivity index (χ0v) is 14.9. The molecule has 0 bridgehead atoms. The number of carbonyl (C=O) groups is 1. The molecule has 0 fully saturated rings. The fraction of sp³-hybridized carbons (Fsp3) is 0.444. The molecule has 1 unspecified atom stereocenters. The van der Waals surface area contributed by atoms with Crippen molar-refractivity contribution in [2.45, 2.75) is 47.1 Å². The van der Waals surface area contributed by atoms with Crippen LogP contribution in [0, 0.1) is 20.8 Å². The standard InChI is InChI=1S/C18H25N3O3/c1-6-23-17-10-15(8-7-11(17)2)20-18(22)19-12(3)9-16-13(4)21-24-14(16)5/h7-8,10,12H,6,9H2,1-5H3,(H2,19,20,22). The minimum absolute atomic E-state index is 0.0430. The van der Waals surface area contributed by atoms with Gasteiger partial charge in [-0.05, 0) is 52.7 Å². The molecule has 0 aliphatic heterocycles. The van der Waals surface area contributed by atoms with Gasteiger partial charge in [-0.3, -0.25) is 0 Å². The minimum atomic E-state index is -0.249. The van der Waals surface area contributed by atoms with Gasteiger partial charge >= 0.3 is 6.03 Å². The molecule has 24 heavy (non-hydrogen) atoms. The Hall–Kier alpha value is -2.50. The first-order valence-corrected chi connectivity index (χ1v) is 8.13. The number of benzene rings is 1. The molecule has 1 atom stereocenters. The van der Waals surface area contributed by atoms with Crippen LogP contribution in [0.15, 0.2) is 22.7 Å². The van der Waals surface area contributed by atoms with Crippen LogP contribution in [-0.2, 0) is 6.42 Å². The fourth-order valence-electron chi connectivity index (χ4n) is 2.53. The molecule has 2 N–H and O–H groups in total. The number of hydrogen-bond acceptors (Lipinski definition) is 4. The molecule has 0 aliphatic carbocycles. The first-order chi connectivity index (χ1) is 11.4. The van der Waals surface area contributed by atoms with Crippen LogP contribution in [0.4, 0.5) is 10.5 Å². The lowest BCUT2D eigenvalue weighted by molar-refractivity contribution is 0.249. The van der Waals surface area contributed by atoms with Crippen molar-refractivity contribution in [1.82, 2.24) is 10.5 Å². The predicted molar refractivity (Wildman–Crippen MR) is 93.6 cm³/mol. The Morgan fingerprint density at radius 2 is 2.08 bits per heavy atom. The van der Waals surface area contributed by atoms with Gasteiger partial charge in [0.1, 0.15) is 11.5 Å². The number of hydrogen-bond donors (Lipinski definition) is 2. The normalized spacial score (nSPS) is 11.9. The van der Waals surface area contributed by atoms with Crippen molar-refractivity contribution in [1.29, 1.82) is 0 Å². The average Bonchev–Trinajstić information content (AvgIpc) is 2.82. The Kier molecular flexibility index (Phi) is 5.84. The molecule has 130 valence electrons. The first kappa shape index (κ1) is 17.8. The molecular weight excluding hydrogens is 306 g/mol. The summed E-state index contributed by atoms with van der Waals surface area (Å²) in [4.78, 5) is 12.2. The third kappa shape index (κ3) is 4.50. The van der Waals surface area contributed by atoms with Gasteiger partial charge in [-0.1, -0.05) is 11.2 Å². The zero-order chi connectivity index (χ0) is 17.7. The Bertz CT molecular complexity index is 690. The van der Waals surface area contributed by atoms with E-state index in [9.17, 15) is 4.79 Å². The second kappa shape index (κ2) is 7.86. The van der Waals surface area contributed by atoms with E-state index in [1.807, 2.05) is 52.8 Å². The Morgan fingerprint density at radius 3 is 2.71 bits per heavy atom. The van der Waals surface area contributed by atoms with Crippen LogP contribution in [0.5, 0.6) is 5.75 Å². The molecule has 0 saturated heterocycles. The van der Waals surface area contributed by atoms with Crippen LogP contribution in [-0.4, -0.2) is 23.8 Å². The van der Waals surface area contributed by atoms with Gasteiger partial charge in [0.15, 0.2) is 0 Å². The SMILES string of the molecule is CCOc1cc(NC(=O)NC(C)Cc2c(C)noc2C)ccc1C.